The predicted octanol–water partition coefficient (Wildman–Crippen LogP) is 7.39. The SMILES string of the molecule is CC(C)c1cc(C(C)C)c(S(=O)(=O)N2C[C@@]3(CC(=O)C4CC4)C[C@@]3(C3CCCCC3)C2)c(C(C)C)c1. The number of piperidine rings is 1. The van der Waals surface area contributed by atoms with Crippen molar-refractivity contribution in [3.63, 3.8) is 0 Å². The molecule has 3 aliphatic carbocycles. The van der Waals surface area contributed by atoms with E-state index in [2.05, 4.69) is 53.7 Å². The molecule has 0 amide bonds. The number of carbonyl (C=O) groups excluding carboxylic acids is 1. The highest BCUT2D eigenvalue weighted by Crippen LogP contribution is 2.76. The van der Waals surface area contributed by atoms with E-state index in [4.69, 9.17) is 0 Å². The van der Waals surface area contributed by atoms with Crippen LogP contribution in [0.2, 0.25) is 0 Å². The molecule has 5 rings (SSSR count). The summed E-state index contributed by atoms with van der Waals surface area (Å²) in [6, 6.07) is 4.29. The second-order valence-electron chi connectivity index (χ2n) is 13.6. The van der Waals surface area contributed by atoms with Crippen molar-refractivity contribution in [1.29, 1.82) is 0 Å². The Morgan fingerprint density at radius 2 is 1.47 bits per heavy atom. The molecule has 0 unspecified atom stereocenters. The van der Waals surface area contributed by atoms with E-state index in [0.717, 1.165) is 30.4 Å². The lowest BCUT2D eigenvalue weighted by Gasteiger charge is -2.32. The molecule has 1 aromatic carbocycles. The summed E-state index contributed by atoms with van der Waals surface area (Å²) in [5, 5.41) is 0. The van der Waals surface area contributed by atoms with E-state index >= 15 is 0 Å². The molecule has 200 valence electrons. The van der Waals surface area contributed by atoms with Crippen LogP contribution in [0.15, 0.2) is 17.0 Å². The smallest absolute Gasteiger partial charge is 0.243 e. The highest BCUT2D eigenvalue weighted by Gasteiger charge is 2.75. The Morgan fingerprint density at radius 3 is 1.97 bits per heavy atom. The summed E-state index contributed by atoms with van der Waals surface area (Å²) in [5.74, 6) is 1.82. The van der Waals surface area contributed by atoms with E-state index in [-0.39, 0.29) is 28.6 Å². The maximum Gasteiger partial charge on any atom is 0.243 e. The zero-order valence-electron chi connectivity index (χ0n) is 23.4. The van der Waals surface area contributed by atoms with Crippen LogP contribution < -0.4 is 0 Å². The molecule has 5 heteroatoms. The number of carbonyl (C=O) groups is 1. The normalized spacial score (nSPS) is 29.4. The fourth-order valence-electron chi connectivity index (χ4n) is 7.73. The van der Waals surface area contributed by atoms with Gasteiger partial charge in [-0.05, 0) is 83.3 Å². The molecule has 2 atom stereocenters. The third-order valence-corrected chi connectivity index (χ3v) is 12.1. The first-order valence-electron chi connectivity index (χ1n) is 14.6. The Hall–Kier alpha value is -1.20. The Balaban J connectivity index is 1.55. The molecule has 1 aliphatic heterocycles. The zero-order chi connectivity index (χ0) is 26.0. The topological polar surface area (TPSA) is 54.5 Å². The van der Waals surface area contributed by atoms with Crippen LogP contribution in [0.25, 0.3) is 0 Å². The van der Waals surface area contributed by atoms with E-state index < -0.39 is 10.0 Å². The minimum atomic E-state index is -3.67. The van der Waals surface area contributed by atoms with Gasteiger partial charge in [0.1, 0.15) is 5.78 Å². The minimum absolute atomic E-state index is 0.0128. The summed E-state index contributed by atoms with van der Waals surface area (Å²) in [7, 11) is -3.67. The number of hydrogen-bond acceptors (Lipinski definition) is 3. The monoisotopic (exact) mass is 513 g/mol. The molecule has 36 heavy (non-hydrogen) atoms. The van der Waals surface area contributed by atoms with Gasteiger partial charge in [-0.15, -0.1) is 0 Å². The Bertz CT molecular complexity index is 1100. The molecule has 4 aliphatic rings. The van der Waals surface area contributed by atoms with Gasteiger partial charge in [-0.25, -0.2) is 8.42 Å². The van der Waals surface area contributed by atoms with E-state index in [1.807, 2.05) is 4.31 Å². The fourth-order valence-corrected chi connectivity index (χ4v) is 9.99. The lowest BCUT2D eigenvalue weighted by Crippen LogP contribution is -2.35. The molecule has 4 nitrogen and oxygen atoms in total. The van der Waals surface area contributed by atoms with Gasteiger partial charge >= 0.3 is 0 Å². The number of ketones is 1. The van der Waals surface area contributed by atoms with Crippen molar-refractivity contribution in [1.82, 2.24) is 4.31 Å². The zero-order valence-corrected chi connectivity index (χ0v) is 24.2. The van der Waals surface area contributed by atoms with Crippen LogP contribution in [-0.4, -0.2) is 31.6 Å². The number of sulfonamides is 1. The lowest BCUT2D eigenvalue weighted by molar-refractivity contribution is -0.121. The van der Waals surface area contributed by atoms with Crippen LogP contribution in [0.5, 0.6) is 0 Å². The quantitative estimate of drug-likeness (QED) is 0.346. The van der Waals surface area contributed by atoms with Crippen molar-refractivity contribution in [2.45, 2.75) is 122 Å². The summed E-state index contributed by atoms with van der Waals surface area (Å²) in [4.78, 5) is 13.6. The lowest BCUT2D eigenvalue weighted by atomic mass is 9.73. The molecule has 3 saturated carbocycles. The van der Waals surface area contributed by atoms with Crippen molar-refractivity contribution in [3.8, 4) is 0 Å². The number of hydrogen-bond donors (Lipinski definition) is 0. The highest BCUT2D eigenvalue weighted by atomic mass is 32.2. The fraction of sp³-hybridized carbons (Fsp3) is 0.774. The van der Waals surface area contributed by atoms with Gasteiger partial charge in [0.25, 0.3) is 0 Å². The number of fused-ring (bicyclic) bond motifs is 1. The molecule has 0 spiro atoms. The Morgan fingerprint density at radius 1 is 0.889 bits per heavy atom. The third kappa shape index (κ3) is 4.30. The first kappa shape index (κ1) is 26.4. The maximum atomic E-state index is 14.6. The largest absolute Gasteiger partial charge is 0.299 e. The molecule has 0 bridgehead atoms. The number of benzene rings is 1. The molecule has 4 fully saturated rings. The van der Waals surface area contributed by atoms with Crippen LogP contribution >= 0.6 is 0 Å². The van der Waals surface area contributed by atoms with Crippen LogP contribution in [0.1, 0.15) is 134 Å². The molecular formula is C31H47NO3S. The summed E-state index contributed by atoms with van der Waals surface area (Å²) < 4.78 is 31.0. The number of rotatable bonds is 9. The van der Waals surface area contributed by atoms with Crippen molar-refractivity contribution in [2.75, 3.05) is 13.1 Å². The Kier molecular flexibility index (Phi) is 6.76. The highest BCUT2D eigenvalue weighted by molar-refractivity contribution is 7.89. The van der Waals surface area contributed by atoms with Gasteiger partial charge in [0.2, 0.25) is 10.0 Å². The second kappa shape index (κ2) is 9.22. The maximum absolute atomic E-state index is 14.6. The average Bonchev–Trinajstić information content (AvgIpc) is 3.75. The van der Waals surface area contributed by atoms with Crippen LogP contribution in [0, 0.1) is 22.7 Å². The number of nitrogens with zero attached hydrogens (tertiary/aromatic N) is 1. The standard InChI is InChI=1S/C31H47NO3S/c1-20(2)24-14-26(21(3)4)29(27(15-24)22(5)6)36(34,35)32-18-30(16-28(33)23-12-13-23)17-31(30,19-32)25-10-8-7-9-11-25/h14-15,20-23,25H,7-13,16-19H2,1-6H3/t30-,31+/m1/s1. The van der Waals surface area contributed by atoms with Crippen LogP contribution in [0.3, 0.4) is 0 Å². The van der Waals surface area contributed by atoms with E-state index in [9.17, 15) is 13.2 Å². The van der Waals surface area contributed by atoms with Crippen molar-refractivity contribution < 1.29 is 13.2 Å². The van der Waals surface area contributed by atoms with Gasteiger partial charge in [0.15, 0.2) is 0 Å². The van der Waals surface area contributed by atoms with Gasteiger partial charge in [-0.2, -0.15) is 4.31 Å². The molecule has 0 aromatic heterocycles. The van der Waals surface area contributed by atoms with E-state index in [1.54, 1.807) is 0 Å². The molecular weight excluding hydrogens is 466 g/mol. The van der Waals surface area contributed by atoms with Gasteiger partial charge in [-0.3, -0.25) is 4.79 Å². The first-order chi connectivity index (χ1) is 16.9. The van der Waals surface area contributed by atoms with Gasteiger partial charge in [-0.1, -0.05) is 72.9 Å². The second-order valence-corrected chi connectivity index (χ2v) is 15.5. The Labute approximate surface area is 219 Å². The van der Waals surface area contributed by atoms with E-state index in [1.165, 1.54) is 37.7 Å². The molecule has 0 radical (unpaired) electrons. The summed E-state index contributed by atoms with van der Waals surface area (Å²) in [6.07, 6.45) is 9.90. The molecule has 1 saturated heterocycles. The minimum Gasteiger partial charge on any atom is -0.299 e. The molecule has 1 aromatic rings. The predicted molar refractivity (Wildman–Crippen MR) is 146 cm³/mol. The van der Waals surface area contributed by atoms with Crippen LogP contribution in [0.4, 0.5) is 0 Å². The van der Waals surface area contributed by atoms with Crippen molar-refractivity contribution in [3.05, 3.63) is 28.8 Å². The van der Waals surface area contributed by atoms with Gasteiger partial charge in [0.05, 0.1) is 4.90 Å². The summed E-state index contributed by atoms with van der Waals surface area (Å²) in [6.45, 7) is 14.0. The molecule has 1 heterocycles. The van der Waals surface area contributed by atoms with Crippen molar-refractivity contribution in [2.24, 2.45) is 22.7 Å². The van der Waals surface area contributed by atoms with E-state index in [0.29, 0.717) is 42.0 Å². The number of Topliss-reactive ketones (excluding diaryl/α,β-unsaturated/α-hetero) is 1. The average molecular weight is 514 g/mol. The summed E-state index contributed by atoms with van der Waals surface area (Å²) >= 11 is 0. The first-order valence-corrected chi connectivity index (χ1v) is 16.1. The van der Waals surface area contributed by atoms with Gasteiger partial charge in [0, 0.05) is 25.4 Å². The third-order valence-electron chi connectivity index (χ3n) is 10.1. The van der Waals surface area contributed by atoms with Crippen LogP contribution in [-0.2, 0) is 14.8 Å². The molecule has 0 N–H and O–H groups in total. The van der Waals surface area contributed by atoms with Crippen molar-refractivity contribution >= 4 is 15.8 Å². The summed E-state index contributed by atoms with van der Waals surface area (Å²) in [5.41, 5.74) is 3.02. The van der Waals surface area contributed by atoms with Gasteiger partial charge < -0.3 is 0 Å².